The van der Waals surface area contributed by atoms with E-state index in [9.17, 15) is 0 Å². The fourth-order valence-electron chi connectivity index (χ4n) is 2.44. The topological polar surface area (TPSA) is 50.1 Å². The van der Waals surface area contributed by atoms with Crippen molar-refractivity contribution in [2.24, 2.45) is 0 Å². The molecule has 5 heteroatoms. The molecule has 4 rings (SSSR count). The monoisotopic (exact) mass is 277 g/mol. The molecule has 3 heterocycles. The Morgan fingerprint density at radius 3 is 2.10 bits per heavy atom. The Hall–Kier alpha value is -1.30. The molecule has 0 radical (unpaired) electrons. The lowest BCUT2D eigenvalue weighted by Crippen LogP contribution is -2.32. The maximum atomic E-state index is 5.65. The standard InChI is InChI=1S/C15H19NO4/c1-9-14(19-9)16(15-10(2)20-15)11-3-5-12(6-4-11)17-7-13-8-18-13/h3-6,9-10,13-15H,7-8H2,1-2H3. The van der Waals surface area contributed by atoms with E-state index in [1.54, 1.807) is 0 Å². The maximum Gasteiger partial charge on any atom is 0.159 e. The number of ether oxygens (including phenoxy) is 4. The van der Waals surface area contributed by atoms with Crippen LogP contribution in [-0.4, -0.2) is 44.0 Å². The summed E-state index contributed by atoms with van der Waals surface area (Å²) in [6, 6.07) is 8.10. The summed E-state index contributed by atoms with van der Waals surface area (Å²) in [7, 11) is 0. The predicted molar refractivity (Wildman–Crippen MR) is 72.8 cm³/mol. The molecule has 0 N–H and O–H groups in total. The minimum atomic E-state index is 0.136. The number of hydrogen-bond acceptors (Lipinski definition) is 5. The Morgan fingerprint density at radius 1 is 1.10 bits per heavy atom. The lowest BCUT2D eigenvalue weighted by Gasteiger charge is -2.21. The average Bonchev–Trinajstić information content (AvgIpc) is 3.30. The summed E-state index contributed by atoms with van der Waals surface area (Å²) in [5, 5.41) is 0. The van der Waals surface area contributed by atoms with Crippen LogP contribution in [0.5, 0.6) is 5.75 Å². The highest BCUT2D eigenvalue weighted by Crippen LogP contribution is 2.39. The van der Waals surface area contributed by atoms with Gasteiger partial charge in [-0.1, -0.05) is 0 Å². The Bertz CT molecular complexity index is 471. The Kier molecular flexibility index (Phi) is 2.87. The van der Waals surface area contributed by atoms with E-state index in [4.69, 9.17) is 18.9 Å². The zero-order chi connectivity index (χ0) is 13.7. The highest BCUT2D eigenvalue weighted by atomic mass is 16.6. The van der Waals surface area contributed by atoms with Gasteiger partial charge in [0.1, 0.15) is 30.7 Å². The van der Waals surface area contributed by atoms with Crippen LogP contribution in [-0.2, 0) is 14.2 Å². The second-order valence-electron chi connectivity index (χ2n) is 5.63. The summed E-state index contributed by atoms with van der Waals surface area (Å²) in [6.45, 7) is 5.62. The van der Waals surface area contributed by atoms with Crippen molar-refractivity contribution >= 4 is 5.69 Å². The van der Waals surface area contributed by atoms with Crippen LogP contribution < -0.4 is 9.64 Å². The van der Waals surface area contributed by atoms with Crippen LogP contribution in [0.15, 0.2) is 24.3 Å². The molecule has 1 aromatic rings. The number of rotatable bonds is 6. The normalized spacial score (nSPS) is 37.4. The molecular formula is C15H19NO4. The van der Waals surface area contributed by atoms with E-state index in [2.05, 4.69) is 30.9 Å². The summed E-state index contributed by atoms with van der Waals surface area (Å²) >= 11 is 0. The van der Waals surface area contributed by atoms with Gasteiger partial charge in [0, 0.05) is 5.69 Å². The summed E-state index contributed by atoms with van der Waals surface area (Å²) in [6.07, 6.45) is 1.10. The van der Waals surface area contributed by atoms with Gasteiger partial charge in [0.15, 0.2) is 12.5 Å². The van der Waals surface area contributed by atoms with Gasteiger partial charge < -0.3 is 23.8 Å². The van der Waals surface area contributed by atoms with E-state index in [0.29, 0.717) is 6.61 Å². The Labute approximate surface area is 118 Å². The Balaban J connectivity index is 1.45. The van der Waals surface area contributed by atoms with Gasteiger partial charge in [-0.2, -0.15) is 0 Å². The van der Waals surface area contributed by atoms with Crippen molar-refractivity contribution in [3.63, 3.8) is 0 Å². The fraction of sp³-hybridized carbons (Fsp3) is 0.600. The van der Waals surface area contributed by atoms with Crippen LogP contribution in [0.25, 0.3) is 0 Å². The fourth-order valence-corrected chi connectivity index (χ4v) is 2.44. The van der Waals surface area contributed by atoms with E-state index in [1.807, 2.05) is 12.1 Å². The SMILES string of the molecule is CC1OC1N(c1ccc(OCC2CO2)cc1)C1OC1C. The summed E-state index contributed by atoms with van der Waals surface area (Å²) in [4.78, 5) is 2.21. The molecule has 0 bridgehead atoms. The first-order chi connectivity index (χ1) is 9.72. The van der Waals surface area contributed by atoms with Crippen LogP contribution in [0.2, 0.25) is 0 Å². The van der Waals surface area contributed by atoms with Crippen molar-refractivity contribution in [2.75, 3.05) is 18.1 Å². The van der Waals surface area contributed by atoms with Crippen molar-refractivity contribution in [1.82, 2.24) is 0 Å². The zero-order valence-corrected chi connectivity index (χ0v) is 11.7. The largest absolute Gasteiger partial charge is 0.491 e. The quantitative estimate of drug-likeness (QED) is 0.742. The molecule has 0 spiro atoms. The van der Waals surface area contributed by atoms with Gasteiger partial charge in [0.2, 0.25) is 0 Å². The van der Waals surface area contributed by atoms with Gasteiger partial charge in [0.25, 0.3) is 0 Å². The van der Waals surface area contributed by atoms with Crippen LogP contribution >= 0.6 is 0 Å². The number of epoxide rings is 3. The van der Waals surface area contributed by atoms with Crippen LogP contribution in [0.1, 0.15) is 13.8 Å². The number of anilines is 1. The van der Waals surface area contributed by atoms with Gasteiger partial charge in [-0.3, -0.25) is 0 Å². The first-order valence-electron chi connectivity index (χ1n) is 7.16. The third-order valence-electron chi connectivity index (χ3n) is 3.88. The molecule has 3 fully saturated rings. The van der Waals surface area contributed by atoms with Crippen molar-refractivity contribution < 1.29 is 18.9 Å². The predicted octanol–water partition coefficient (Wildman–Crippen LogP) is 1.76. The zero-order valence-electron chi connectivity index (χ0n) is 11.7. The van der Waals surface area contributed by atoms with E-state index in [0.717, 1.165) is 18.0 Å². The molecule has 1 aromatic carbocycles. The second-order valence-corrected chi connectivity index (χ2v) is 5.63. The Morgan fingerprint density at radius 2 is 1.65 bits per heavy atom. The minimum Gasteiger partial charge on any atom is -0.491 e. The number of nitrogens with zero attached hydrogens (tertiary/aromatic N) is 1. The highest BCUT2D eigenvalue weighted by molar-refractivity contribution is 5.52. The van der Waals surface area contributed by atoms with Gasteiger partial charge in [-0.05, 0) is 38.1 Å². The summed E-state index contributed by atoms with van der Waals surface area (Å²) < 4.78 is 22.0. The highest BCUT2D eigenvalue weighted by Gasteiger charge is 2.51. The molecule has 5 unspecified atom stereocenters. The van der Waals surface area contributed by atoms with Gasteiger partial charge in [-0.15, -0.1) is 0 Å². The lowest BCUT2D eigenvalue weighted by atomic mass is 10.2. The molecule has 3 saturated heterocycles. The third-order valence-corrected chi connectivity index (χ3v) is 3.88. The molecule has 108 valence electrons. The maximum absolute atomic E-state index is 5.65. The van der Waals surface area contributed by atoms with Crippen molar-refractivity contribution in [3.05, 3.63) is 24.3 Å². The summed E-state index contributed by atoms with van der Waals surface area (Å²) in [5.74, 6) is 0.874. The van der Waals surface area contributed by atoms with Gasteiger partial charge in [0.05, 0.1) is 6.61 Å². The number of hydrogen-bond donors (Lipinski definition) is 0. The van der Waals surface area contributed by atoms with E-state index in [-0.39, 0.29) is 30.8 Å². The number of benzene rings is 1. The molecule has 5 atom stereocenters. The van der Waals surface area contributed by atoms with Crippen molar-refractivity contribution in [3.8, 4) is 5.75 Å². The molecule has 3 aliphatic heterocycles. The molecule has 3 aliphatic rings. The molecule has 5 nitrogen and oxygen atoms in total. The second kappa shape index (κ2) is 4.62. The molecule has 0 amide bonds. The molecule has 0 saturated carbocycles. The van der Waals surface area contributed by atoms with Gasteiger partial charge >= 0.3 is 0 Å². The third kappa shape index (κ3) is 2.49. The summed E-state index contributed by atoms with van der Waals surface area (Å²) in [5.41, 5.74) is 1.11. The molecule has 0 aromatic heterocycles. The first kappa shape index (κ1) is 12.4. The van der Waals surface area contributed by atoms with Crippen LogP contribution in [0.3, 0.4) is 0 Å². The lowest BCUT2D eigenvalue weighted by molar-refractivity contribution is 0.263. The van der Waals surface area contributed by atoms with E-state index < -0.39 is 0 Å². The smallest absolute Gasteiger partial charge is 0.159 e. The van der Waals surface area contributed by atoms with Gasteiger partial charge in [-0.25, -0.2) is 0 Å². The first-order valence-corrected chi connectivity index (χ1v) is 7.16. The molecular weight excluding hydrogens is 258 g/mol. The minimum absolute atomic E-state index is 0.136. The van der Waals surface area contributed by atoms with Crippen LogP contribution in [0, 0.1) is 0 Å². The average molecular weight is 277 g/mol. The van der Waals surface area contributed by atoms with E-state index >= 15 is 0 Å². The molecule has 20 heavy (non-hydrogen) atoms. The van der Waals surface area contributed by atoms with Crippen molar-refractivity contribution in [1.29, 1.82) is 0 Å². The van der Waals surface area contributed by atoms with Crippen molar-refractivity contribution in [2.45, 2.75) is 44.6 Å². The van der Waals surface area contributed by atoms with Crippen LogP contribution in [0.4, 0.5) is 5.69 Å². The molecule has 0 aliphatic carbocycles. The van der Waals surface area contributed by atoms with E-state index in [1.165, 1.54) is 0 Å².